The van der Waals surface area contributed by atoms with Gasteiger partial charge in [0.1, 0.15) is 0 Å². The van der Waals surface area contributed by atoms with Crippen molar-refractivity contribution >= 4 is 11.8 Å². The molecule has 0 aromatic heterocycles. The Hall–Kier alpha value is -1.40. The summed E-state index contributed by atoms with van der Waals surface area (Å²) in [5.41, 5.74) is -1.25. The number of carbonyl (C=O) groups excluding carboxylic acids is 2. The highest BCUT2D eigenvalue weighted by Gasteiger charge is 2.49. The Morgan fingerprint density at radius 2 is 2.00 bits per heavy atom. The van der Waals surface area contributed by atoms with E-state index in [0.717, 1.165) is 6.54 Å². The Morgan fingerprint density at radius 3 is 2.59 bits per heavy atom. The number of aliphatic hydroxyl groups is 1. The predicted molar refractivity (Wildman–Crippen MR) is 82.1 cm³/mol. The molecular weight excluding hydrogens is 282 g/mol. The fraction of sp³-hybridized carbons (Fsp3) is 0.750. The van der Waals surface area contributed by atoms with Crippen LogP contribution in [0, 0.1) is 0 Å². The maximum atomic E-state index is 12.8. The molecule has 3 aliphatic rings. The highest BCUT2D eigenvalue weighted by atomic mass is 16.3. The van der Waals surface area contributed by atoms with E-state index < -0.39 is 5.60 Å². The van der Waals surface area contributed by atoms with Crippen LogP contribution in [0.5, 0.6) is 0 Å². The molecular formula is C16H25N3O3. The number of rotatable bonds is 3. The van der Waals surface area contributed by atoms with Gasteiger partial charge in [-0.05, 0) is 32.3 Å². The second-order valence-corrected chi connectivity index (χ2v) is 6.82. The third-order valence-electron chi connectivity index (χ3n) is 5.11. The standard InChI is InChI=1S/C16H25N3O3/c1-3-14(20)17-8-9-19(12(2)10-17)15(21)16(22)6-7-18(11-16)13-4-5-13/h3,12-13,22H,1,4-11H2,2H3. The van der Waals surface area contributed by atoms with Crippen LogP contribution in [0.1, 0.15) is 26.2 Å². The van der Waals surface area contributed by atoms with E-state index in [0.29, 0.717) is 38.6 Å². The molecule has 122 valence electrons. The van der Waals surface area contributed by atoms with Gasteiger partial charge in [0, 0.05) is 44.8 Å². The van der Waals surface area contributed by atoms with Gasteiger partial charge in [-0.3, -0.25) is 14.5 Å². The number of likely N-dealkylation sites (tertiary alicyclic amines) is 1. The van der Waals surface area contributed by atoms with Gasteiger partial charge in [0.05, 0.1) is 0 Å². The minimum absolute atomic E-state index is 0.0795. The molecule has 1 saturated carbocycles. The van der Waals surface area contributed by atoms with Crippen LogP contribution in [0.15, 0.2) is 12.7 Å². The molecule has 3 fully saturated rings. The van der Waals surface area contributed by atoms with Crippen LogP contribution in [0.2, 0.25) is 0 Å². The number of amides is 2. The first-order chi connectivity index (χ1) is 10.4. The van der Waals surface area contributed by atoms with Crippen molar-refractivity contribution in [1.82, 2.24) is 14.7 Å². The summed E-state index contributed by atoms with van der Waals surface area (Å²) in [4.78, 5) is 30.2. The Kier molecular flexibility index (Phi) is 3.99. The average Bonchev–Trinajstić information content (AvgIpc) is 3.28. The molecule has 2 saturated heterocycles. The molecule has 0 aromatic carbocycles. The van der Waals surface area contributed by atoms with Crippen molar-refractivity contribution in [1.29, 1.82) is 0 Å². The number of nitrogens with zero attached hydrogens (tertiary/aromatic N) is 3. The minimum Gasteiger partial charge on any atom is -0.379 e. The van der Waals surface area contributed by atoms with Gasteiger partial charge in [-0.25, -0.2) is 0 Å². The molecule has 1 N–H and O–H groups in total. The molecule has 0 bridgehead atoms. The van der Waals surface area contributed by atoms with Crippen molar-refractivity contribution in [3.8, 4) is 0 Å². The molecule has 0 aromatic rings. The van der Waals surface area contributed by atoms with Gasteiger partial charge in [-0.2, -0.15) is 0 Å². The lowest BCUT2D eigenvalue weighted by Crippen LogP contribution is -2.60. The fourth-order valence-corrected chi connectivity index (χ4v) is 3.60. The SMILES string of the molecule is C=CC(=O)N1CCN(C(=O)C2(O)CCN(C3CC3)C2)C(C)C1. The van der Waals surface area contributed by atoms with Gasteiger partial charge in [0.15, 0.2) is 5.60 Å². The van der Waals surface area contributed by atoms with E-state index >= 15 is 0 Å². The van der Waals surface area contributed by atoms with E-state index in [1.54, 1.807) is 9.80 Å². The first kappa shape index (κ1) is 15.5. The maximum absolute atomic E-state index is 12.8. The summed E-state index contributed by atoms with van der Waals surface area (Å²) >= 11 is 0. The summed E-state index contributed by atoms with van der Waals surface area (Å²) in [6, 6.07) is 0.491. The number of piperazine rings is 1. The molecule has 22 heavy (non-hydrogen) atoms. The van der Waals surface area contributed by atoms with Crippen molar-refractivity contribution < 1.29 is 14.7 Å². The summed E-state index contributed by atoms with van der Waals surface area (Å²) in [6.45, 7) is 8.17. The third kappa shape index (κ3) is 2.77. The fourth-order valence-electron chi connectivity index (χ4n) is 3.60. The second kappa shape index (κ2) is 5.66. The third-order valence-corrected chi connectivity index (χ3v) is 5.11. The van der Waals surface area contributed by atoms with Crippen LogP contribution in [0.25, 0.3) is 0 Å². The largest absolute Gasteiger partial charge is 0.379 e. The average molecular weight is 307 g/mol. The molecule has 6 nitrogen and oxygen atoms in total. The van der Waals surface area contributed by atoms with Gasteiger partial charge in [0.2, 0.25) is 5.91 Å². The van der Waals surface area contributed by atoms with E-state index in [4.69, 9.17) is 0 Å². The summed E-state index contributed by atoms with van der Waals surface area (Å²) < 4.78 is 0. The first-order valence-electron chi connectivity index (χ1n) is 8.13. The molecule has 0 spiro atoms. The molecule has 1 aliphatic carbocycles. The molecule has 2 aliphatic heterocycles. The van der Waals surface area contributed by atoms with Crippen LogP contribution < -0.4 is 0 Å². The second-order valence-electron chi connectivity index (χ2n) is 6.82. The Bertz CT molecular complexity index is 491. The summed E-state index contributed by atoms with van der Waals surface area (Å²) in [5, 5.41) is 10.8. The zero-order chi connectivity index (χ0) is 15.9. The predicted octanol–water partition coefficient (Wildman–Crippen LogP) is -0.169. The van der Waals surface area contributed by atoms with Crippen molar-refractivity contribution in [3.63, 3.8) is 0 Å². The van der Waals surface area contributed by atoms with Crippen LogP contribution >= 0.6 is 0 Å². The van der Waals surface area contributed by atoms with Crippen LogP contribution in [0.3, 0.4) is 0 Å². The van der Waals surface area contributed by atoms with Crippen molar-refractivity contribution in [2.75, 3.05) is 32.7 Å². The number of β-amino-alcohol motifs (C(OH)–C–C–N with tert-alkyl or cyclic N) is 1. The van der Waals surface area contributed by atoms with Crippen LogP contribution in [-0.4, -0.2) is 82.0 Å². The van der Waals surface area contributed by atoms with Crippen molar-refractivity contribution in [3.05, 3.63) is 12.7 Å². The highest BCUT2D eigenvalue weighted by molar-refractivity contribution is 5.88. The number of hydrogen-bond donors (Lipinski definition) is 1. The zero-order valence-electron chi connectivity index (χ0n) is 13.2. The topological polar surface area (TPSA) is 64.1 Å². The molecule has 2 heterocycles. The minimum atomic E-state index is -1.25. The molecule has 6 heteroatoms. The maximum Gasteiger partial charge on any atom is 0.256 e. The lowest BCUT2D eigenvalue weighted by Gasteiger charge is -2.42. The quantitative estimate of drug-likeness (QED) is 0.736. The molecule has 2 atom stereocenters. The van der Waals surface area contributed by atoms with E-state index in [1.165, 1.54) is 18.9 Å². The van der Waals surface area contributed by atoms with Gasteiger partial charge >= 0.3 is 0 Å². The van der Waals surface area contributed by atoms with E-state index in [9.17, 15) is 14.7 Å². The van der Waals surface area contributed by atoms with Crippen LogP contribution in [0.4, 0.5) is 0 Å². The Morgan fingerprint density at radius 1 is 1.27 bits per heavy atom. The van der Waals surface area contributed by atoms with Crippen LogP contribution in [-0.2, 0) is 9.59 Å². The van der Waals surface area contributed by atoms with Gasteiger partial charge < -0.3 is 14.9 Å². The van der Waals surface area contributed by atoms with E-state index in [1.807, 2.05) is 6.92 Å². The van der Waals surface area contributed by atoms with Crippen molar-refractivity contribution in [2.45, 2.75) is 43.9 Å². The summed E-state index contributed by atoms with van der Waals surface area (Å²) in [6.07, 6.45) is 4.19. The Labute approximate surface area is 131 Å². The highest BCUT2D eigenvalue weighted by Crippen LogP contribution is 2.34. The molecule has 2 unspecified atom stereocenters. The van der Waals surface area contributed by atoms with Gasteiger partial charge in [-0.15, -0.1) is 0 Å². The number of hydrogen-bond acceptors (Lipinski definition) is 4. The lowest BCUT2D eigenvalue weighted by molar-refractivity contribution is -0.156. The lowest BCUT2D eigenvalue weighted by atomic mass is 9.99. The first-order valence-corrected chi connectivity index (χ1v) is 8.13. The monoisotopic (exact) mass is 307 g/mol. The van der Waals surface area contributed by atoms with Crippen molar-refractivity contribution in [2.24, 2.45) is 0 Å². The zero-order valence-corrected chi connectivity index (χ0v) is 13.2. The van der Waals surface area contributed by atoms with E-state index in [-0.39, 0.29) is 17.9 Å². The molecule has 3 rings (SSSR count). The van der Waals surface area contributed by atoms with Gasteiger partial charge in [-0.1, -0.05) is 6.58 Å². The Balaban J connectivity index is 1.63. The van der Waals surface area contributed by atoms with Gasteiger partial charge in [0.25, 0.3) is 5.91 Å². The normalized spacial score (nSPS) is 33.1. The smallest absolute Gasteiger partial charge is 0.256 e. The molecule has 2 amide bonds. The summed E-state index contributed by atoms with van der Waals surface area (Å²) in [7, 11) is 0. The van der Waals surface area contributed by atoms with E-state index in [2.05, 4.69) is 11.5 Å². The summed E-state index contributed by atoms with van der Waals surface area (Å²) in [5.74, 6) is -0.271. The number of carbonyl (C=O) groups is 2. The molecule has 0 radical (unpaired) electrons.